The summed E-state index contributed by atoms with van der Waals surface area (Å²) < 4.78 is 10.3. The zero-order chi connectivity index (χ0) is 28.8. The van der Waals surface area contributed by atoms with Crippen molar-refractivity contribution in [2.75, 3.05) is 4.90 Å². The van der Waals surface area contributed by atoms with Crippen LogP contribution in [0.1, 0.15) is 10.4 Å². The van der Waals surface area contributed by atoms with Crippen LogP contribution in [0, 0.1) is 0 Å². The minimum Gasteiger partial charge on any atom is -0.456 e. The number of thiophene rings is 2. The molecule has 0 unspecified atom stereocenters. The predicted octanol–water partition coefficient (Wildman–Crippen LogP) is 11.6. The van der Waals surface area contributed by atoms with Gasteiger partial charge in [0.25, 0.3) is 0 Å². The van der Waals surface area contributed by atoms with Crippen LogP contribution in [-0.2, 0) is 6.54 Å². The SMILES string of the molecule is C1=C(N(c2ccc3c(c2)oc2ccccc23)c2ccc3c(c2)sc2ccccc23)NCc2c1sc1cc3ccccc3cc21. The van der Waals surface area contributed by atoms with Crippen LogP contribution in [0.2, 0.25) is 0 Å². The standard InChI is InChI=1S/C39H24N2OS2/c1-2-8-24-18-36-31(17-23(24)7-1)32-22-40-39(21-38(32)44-36)41(25-13-15-28-27-9-3-5-11-33(27)42-34(28)19-25)26-14-16-30-29-10-4-6-12-35(29)43-37(30)20-26/h1-21,40H,22H2. The normalized spacial score (nSPS) is 13.2. The van der Waals surface area contributed by atoms with Crippen molar-refractivity contribution in [3.63, 3.8) is 0 Å². The van der Waals surface area contributed by atoms with Crippen LogP contribution in [0.5, 0.6) is 0 Å². The number of hydrogen-bond donors (Lipinski definition) is 1. The van der Waals surface area contributed by atoms with Crippen molar-refractivity contribution in [2.45, 2.75) is 6.54 Å². The van der Waals surface area contributed by atoms with Crippen molar-refractivity contribution >= 4 is 103 Å². The molecule has 5 heteroatoms. The lowest BCUT2D eigenvalue weighted by atomic mass is 10.0. The molecular formula is C39H24N2OS2. The van der Waals surface area contributed by atoms with Gasteiger partial charge in [-0.15, -0.1) is 22.7 Å². The molecule has 6 aromatic carbocycles. The summed E-state index contributed by atoms with van der Waals surface area (Å²) in [7, 11) is 0. The molecule has 44 heavy (non-hydrogen) atoms. The van der Waals surface area contributed by atoms with E-state index < -0.39 is 0 Å². The molecule has 0 bridgehead atoms. The highest BCUT2D eigenvalue weighted by atomic mass is 32.1. The maximum atomic E-state index is 6.35. The van der Waals surface area contributed by atoms with E-state index in [1.54, 1.807) is 0 Å². The van der Waals surface area contributed by atoms with Gasteiger partial charge in [-0.3, -0.25) is 4.90 Å². The summed E-state index contributed by atoms with van der Waals surface area (Å²) >= 11 is 3.73. The maximum Gasteiger partial charge on any atom is 0.137 e. The molecule has 0 radical (unpaired) electrons. The van der Waals surface area contributed by atoms with Crippen molar-refractivity contribution in [2.24, 2.45) is 0 Å². The number of benzene rings is 6. The molecule has 1 N–H and O–H groups in total. The van der Waals surface area contributed by atoms with E-state index in [9.17, 15) is 0 Å². The lowest BCUT2D eigenvalue weighted by Gasteiger charge is -2.30. The molecule has 1 aliphatic rings. The molecule has 0 saturated carbocycles. The number of anilines is 2. The molecule has 9 aromatic rings. The molecule has 208 valence electrons. The fourth-order valence-corrected chi connectivity index (χ4v) is 9.11. The van der Waals surface area contributed by atoms with Gasteiger partial charge in [-0.1, -0.05) is 66.7 Å². The second kappa shape index (κ2) is 9.20. The van der Waals surface area contributed by atoms with E-state index in [-0.39, 0.29) is 0 Å². The van der Waals surface area contributed by atoms with Crippen LogP contribution in [0.25, 0.3) is 69.0 Å². The number of nitrogens with zero attached hydrogens (tertiary/aromatic N) is 1. The zero-order valence-electron chi connectivity index (χ0n) is 23.5. The summed E-state index contributed by atoms with van der Waals surface area (Å²) in [5.41, 5.74) is 5.35. The quantitative estimate of drug-likeness (QED) is 0.219. The minimum absolute atomic E-state index is 0.772. The molecule has 0 amide bonds. The number of furan rings is 1. The van der Waals surface area contributed by atoms with E-state index in [2.05, 4.69) is 125 Å². The minimum atomic E-state index is 0.772. The van der Waals surface area contributed by atoms with Gasteiger partial charge < -0.3 is 9.73 Å². The van der Waals surface area contributed by atoms with Gasteiger partial charge in [-0.2, -0.15) is 0 Å². The molecule has 0 aliphatic carbocycles. The molecule has 0 atom stereocenters. The van der Waals surface area contributed by atoms with Gasteiger partial charge in [-0.25, -0.2) is 0 Å². The molecule has 1 aliphatic heterocycles. The molecule has 0 fully saturated rings. The second-order valence-electron chi connectivity index (χ2n) is 11.4. The number of rotatable bonds is 3. The monoisotopic (exact) mass is 600 g/mol. The van der Waals surface area contributed by atoms with Crippen LogP contribution in [-0.4, -0.2) is 0 Å². The van der Waals surface area contributed by atoms with Gasteiger partial charge in [0.1, 0.15) is 17.0 Å². The van der Waals surface area contributed by atoms with Gasteiger partial charge in [0, 0.05) is 58.8 Å². The van der Waals surface area contributed by atoms with Gasteiger partial charge >= 0.3 is 0 Å². The summed E-state index contributed by atoms with van der Waals surface area (Å²) in [6, 6.07) is 43.7. The molecule has 0 saturated heterocycles. The van der Waals surface area contributed by atoms with E-state index >= 15 is 0 Å². The largest absolute Gasteiger partial charge is 0.456 e. The Bertz CT molecular complexity index is 2520. The zero-order valence-corrected chi connectivity index (χ0v) is 25.1. The molecule has 3 aromatic heterocycles. The van der Waals surface area contributed by atoms with Crippen molar-refractivity contribution < 1.29 is 4.42 Å². The summed E-state index contributed by atoms with van der Waals surface area (Å²) in [5.74, 6) is 1.06. The third kappa shape index (κ3) is 3.60. The first-order valence-electron chi connectivity index (χ1n) is 14.8. The summed E-state index contributed by atoms with van der Waals surface area (Å²) in [6.45, 7) is 0.772. The Labute approximate surface area is 260 Å². The van der Waals surface area contributed by atoms with Gasteiger partial charge in [-0.05, 0) is 76.3 Å². The van der Waals surface area contributed by atoms with Crippen LogP contribution in [0.3, 0.4) is 0 Å². The van der Waals surface area contributed by atoms with E-state index in [4.69, 9.17) is 4.42 Å². The highest BCUT2D eigenvalue weighted by Crippen LogP contribution is 2.43. The van der Waals surface area contributed by atoms with E-state index in [1.165, 1.54) is 51.5 Å². The summed E-state index contributed by atoms with van der Waals surface area (Å²) in [4.78, 5) is 3.65. The van der Waals surface area contributed by atoms with Crippen LogP contribution >= 0.6 is 22.7 Å². The second-order valence-corrected chi connectivity index (χ2v) is 13.6. The third-order valence-electron chi connectivity index (χ3n) is 8.89. The topological polar surface area (TPSA) is 28.4 Å². The van der Waals surface area contributed by atoms with E-state index in [1.807, 2.05) is 34.8 Å². The van der Waals surface area contributed by atoms with Crippen molar-refractivity contribution in [3.05, 3.63) is 138 Å². The van der Waals surface area contributed by atoms with Gasteiger partial charge in [0.2, 0.25) is 0 Å². The van der Waals surface area contributed by atoms with Crippen molar-refractivity contribution in [3.8, 4) is 0 Å². The molecular weight excluding hydrogens is 577 g/mol. The number of fused-ring (bicyclic) bond motifs is 10. The van der Waals surface area contributed by atoms with Crippen LogP contribution in [0.4, 0.5) is 11.4 Å². The van der Waals surface area contributed by atoms with Gasteiger partial charge in [0.05, 0.1) is 5.69 Å². The van der Waals surface area contributed by atoms with E-state index in [0.29, 0.717) is 0 Å². The first-order valence-corrected chi connectivity index (χ1v) is 16.4. The first-order chi connectivity index (χ1) is 21.8. The van der Waals surface area contributed by atoms with E-state index in [0.717, 1.165) is 45.7 Å². The number of nitrogens with one attached hydrogen (secondary N) is 1. The lowest BCUT2D eigenvalue weighted by molar-refractivity contribution is 0.669. The Morgan fingerprint density at radius 2 is 1.23 bits per heavy atom. The summed E-state index contributed by atoms with van der Waals surface area (Å²) in [6.07, 6.45) is 2.33. The Kier molecular flexibility index (Phi) is 5.09. The average Bonchev–Trinajstić information content (AvgIpc) is 3.73. The Morgan fingerprint density at radius 3 is 2.14 bits per heavy atom. The van der Waals surface area contributed by atoms with Crippen LogP contribution in [0.15, 0.2) is 132 Å². The highest BCUT2D eigenvalue weighted by molar-refractivity contribution is 7.25. The van der Waals surface area contributed by atoms with Crippen molar-refractivity contribution in [1.82, 2.24) is 5.32 Å². The van der Waals surface area contributed by atoms with Gasteiger partial charge in [0.15, 0.2) is 0 Å². The fourth-order valence-electron chi connectivity index (χ4n) is 6.78. The predicted molar refractivity (Wildman–Crippen MR) is 189 cm³/mol. The first kappa shape index (κ1) is 24.4. The number of hydrogen-bond acceptors (Lipinski definition) is 5. The Morgan fingerprint density at radius 1 is 0.545 bits per heavy atom. The maximum absolute atomic E-state index is 6.35. The summed E-state index contributed by atoms with van der Waals surface area (Å²) in [5, 5.41) is 12.6. The Hall–Kier alpha value is -5.10. The number of para-hydroxylation sites is 1. The molecule has 10 rings (SSSR count). The fraction of sp³-hybridized carbons (Fsp3) is 0.0256. The molecule has 4 heterocycles. The van der Waals surface area contributed by atoms with Crippen molar-refractivity contribution in [1.29, 1.82) is 0 Å². The highest BCUT2D eigenvalue weighted by Gasteiger charge is 2.23. The molecule has 3 nitrogen and oxygen atoms in total. The smallest absolute Gasteiger partial charge is 0.137 e. The van der Waals surface area contributed by atoms with Crippen LogP contribution < -0.4 is 10.2 Å². The Balaban J connectivity index is 1.18. The average molecular weight is 601 g/mol. The lowest BCUT2D eigenvalue weighted by Crippen LogP contribution is -2.29. The molecule has 0 spiro atoms. The third-order valence-corrected chi connectivity index (χ3v) is 11.2.